The summed E-state index contributed by atoms with van der Waals surface area (Å²) >= 11 is 0. The predicted octanol–water partition coefficient (Wildman–Crippen LogP) is 1.72. The second-order valence-corrected chi connectivity index (χ2v) is 6.15. The Balaban J connectivity index is 1.65. The number of amides is 2. The molecule has 1 aromatic carbocycles. The standard InChI is InChI=1S/C17H17N3O3/c1-10(21)20-8-13-11-4-2-3-5-12(11)16(14(13)9-20)19-17(22)15-6-7-18-23-15/h2-7,13-14,16H,8-9H2,1H3,(H,19,22)/t13-,14-,16-/m0/s1. The molecule has 0 bridgehead atoms. The van der Waals surface area contributed by atoms with Crippen molar-refractivity contribution in [3.8, 4) is 0 Å². The van der Waals surface area contributed by atoms with E-state index in [-0.39, 0.29) is 35.5 Å². The number of fused-ring (bicyclic) bond motifs is 3. The van der Waals surface area contributed by atoms with Crippen molar-refractivity contribution in [1.82, 2.24) is 15.4 Å². The van der Waals surface area contributed by atoms with Crippen molar-refractivity contribution in [3.05, 3.63) is 53.4 Å². The largest absolute Gasteiger partial charge is 0.351 e. The Morgan fingerprint density at radius 2 is 2.00 bits per heavy atom. The van der Waals surface area contributed by atoms with Crippen molar-refractivity contribution in [3.63, 3.8) is 0 Å². The zero-order valence-electron chi connectivity index (χ0n) is 12.7. The SMILES string of the molecule is CC(=O)N1C[C@H]2[C@@H](C1)c1ccccc1[C@@H]2NC(=O)c1ccno1. The summed E-state index contributed by atoms with van der Waals surface area (Å²) in [5, 5.41) is 6.63. The number of hydrogen-bond donors (Lipinski definition) is 1. The lowest BCUT2D eigenvalue weighted by molar-refractivity contribution is -0.128. The minimum Gasteiger partial charge on any atom is -0.351 e. The first-order valence-electron chi connectivity index (χ1n) is 7.71. The highest BCUT2D eigenvalue weighted by molar-refractivity contribution is 5.91. The molecule has 0 saturated carbocycles. The molecule has 6 heteroatoms. The summed E-state index contributed by atoms with van der Waals surface area (Å²) < 4.78 is 4.94. The molecule has 0 spiro atoms. The van der Waals surface area contributed by atoms with E-state index in [2.05, 4.69) is 22.6 Å². The average molecular weight is 311 g/mol. The van der Waals surface area contributed by atoms with Crippen LogP contribution in [0.3, 0.4) is 0 Å². The minimum absolute atomic E-state index is 0.0807. The molecule has 3 atom stereocenters. The lowest BCUT2D eigenvalue weighted by atomic mass is 9.94. The van der Waals surface area contributed by atoms with E-state index in [1.807, 2.05) is 17.0 Å². The third-order valence-electron chi connectivity index (χ3n) is 4.92. The maximum absolute atomic E-state index is 12.4. The fourth-order valence-electron chi connectivity index (χ4n) is 3.85. The van der Waals surface area contributed by atoms with Crippen LogP contribution >= 0.6 is 0 Å². The molecular formula is C17H17N3O3. The minimum atomic E-state index is -0.274. The molecule has 1 N–H and O–H groups in total. The van der Waals surface area contributed by atoms with Gasteiger partial charge in [0.05, 0.1) is 12.2 Å². The van der Waals surface area contributed by atoms with Crippen LogP contribution in [0.2, 0.25) is 0 Å². The van der Waals surface area contributed by atoms with Gasteiger partial charge in [0.25, 0.3) is 5.91 Å². The van der Waals surface area contributed by atoms with Crippen molar-refractivity contribution in [1.29, 1.82) is 0 Å². The summed E-state index contributed by atoms with van der Waals surface area (Å²) in [5.41, 5.74) is 2.36. The average Bonchev–Trinajstić information content (AvgIpc) is 3.24. The van der Waals surface area contributed by atoms with Crippen molar-refractivity contribution in [2.24, 2.45) is 5.92 Å². The molecule has 118 valence electrons. The van der Waals surface area contributed by atoms with E-state index in [1.54, 1.807) is 13.0 Å². The molecule has 1 aliphatic heterocycles. The molecule has 2 aliphatic rings. The Kier molecular flexibility index (Phi) is 3.18. The second-order valence-electron chi connectivity index (χ2n) is 6.15. The van der Waals surface area contributed by atoms with Crippen LogP contribution < -0.4 is 5.32 Å². The molecule has 2 heterocycles. The lowest BCUT2D eigenvalue weighted by Crippen LogP contribution is -2.34. The number of nitrogens with zero attached hydrogens (tertiary/aromatic N) is 2. The number of aromatic nitrogens is 1. The number of nitrogens with one attached hydrogen (secondary N) is 1. The quantitative estimate of drug-likeness (QED) is 0.916. The molecule has 0 radical (unpaired) electrons. The van der Waals surface area contributed by atoms with Gasteiger partial charge in [0.2, 0.25) is 11.7 Å². The molecule has 0 unspecified atom stereocenters. The van der Waals surface area contributed by atoms with Gasteiger partial charge in [0.1, 0.15) is 0 Å². The van der Waals surface area contributed by atoms with Gasteiger partial charge in [0.15, 0.2) is 0 Å². The van der Waals surface area contributed by atoms with Gasteiger partial charge in [-0.2, -0.15) is 0 Å². The molecule has 1 fully saturated rings. The van der Waals surface area contributed by atoms with E-state index >= 15 is 0 Å². The maximum Gasteiger partial charge on any atom is 0.290 e. The van der Waals surface area contributed by atoms with E-state index in [4.69, 9.17) is 4.52 Å². The lowest BCUT2D eigenvalue weighted by Gasteiger charge is -2.21. The smallest absolute Gasteiger partial charge is 0.290 e. The van der Waals surface area contributed by atoms with Crippen molar-refractivity contribution in [2.75, 3.05) is 13.1 Å². The Morgan fingerprint density at radius 1 is 1.22 bits per heavy atom. The fraction of sp³-hybridized carbons (Fsp3) is 0.353. The molecule has 4 rings (SSSR count). The van der Waals surface area contributed by atoms with Gasteiger partial charge >= 0.3 is 0 Å². The van der Waals surface area contributed by atoms with Crippen LogP contribution in [-0.2, 0) is 4.79 Å². The van der Waals surface area contributed by atoms with Crippen LogP contribution in [0.5, 0.6) is 0 Å². The number of hydrogen-bond acceptors (Lipinski definition) is 4. The van der Waals surface area contributed by atoms with Crippen molar-refractivity contribution in [2.45, 2.75) is 18.9 Å². The molecule has 1 aliphatic carbocycles. The number of rotatable bonds is 2. The molecule has 6 nitrogen and oxygen atoms in total. The zero-order chi connectivity index (χ0) is 16.0. The topological polar surface area (TPSA) is 75.4 Å². The maximum atomic E-state index is 12.4. The highest BCUT2D eigenvalue weighted by Crippen LogP contribution is 2.49. The molecule has 1 aromatic heterocycles. The van der Waals surface area contributed by atoms with E-state index in [0.717, 1.165) is 5.56 Å². The van der Waals surface area contributed by atoms with Crippen LogP contribution in [-0.4, -0.2) is 35.0 Å². The molecule has 2 aromatic rings. The molecule has 1 saturated heterocycles. The Hall–Kier alpha value is -2.63. The van der Waals surface area contributed by atoms with Crippen LogP contribution in [0.1, 0.15) is 40.6 Å². The van der Waals surface area contributed by atoms with Gasteiger partial charge in [-0.3, -0.25) is 9.59 Å². The summed E-state index contributed by atoms with van der Waals surface area (Å²) in [6.07, 6.45) is 1.45. The monoisotopic (exact) mass is 311 g/mol. The second kappa shape index (κ2) is 5.22. The van der Waals surface area contributed by atoms with Gasteiger partial charge in [-0.25, -0.2) is 0 Å². The Labute approximate surface area is 133 Å². The van der Waals surface area contributed by atoms with E-state index in [1.165, 1.54) is 11.8 Å². The van der Waals surface area contributed by atoms with Gasteiger partial charge in [-0.05, 0) is 11.1 Å². The summed E-state index contributed by atoms with van der Waals surface area (Å²) in [5.74, 6) is 0.479. The highest BCUT2D eigenvalue weighted by atomic mass is 16.5. The zero-order valence-corrected chi connectivity index (χ0v) is 12.7. The highest BCUT2D eigenvalue weighted by Gasteiger charge is 2.47. The van der Waals surface area contributed by atoms with E-state index < -0.39 is 0 Å². The van der Waals surface area contributed by atoms with Crippen LogP contribution in [0.15, 0.2) is 41.1 Å². The number of carbonyl (C=O) groups excluding carboxylic acids is 2. The number of benzene rings is 1. The molecular weight excluding hydrogens is 294 g/mol. The molecule has 2 amide bonds. The Morgan fingerprint density at radius 3 is 2.70 bits per heavy atom. The summed E-state index contributed by atoms with van der Waals surface area (Å²) in [6.45, 7) is 2.97. The van der Waals surface area contributed by atoms with Gasteiger partial charge in [-0.1, -0.05) is 29.4 Å². The number of carbonyl (C=O) groups is 2. The third kappa shape index (κ3) is 2.21. The van der Waals surface area contributed by atoms with Gasteiger partial charge in [-0.15, -0.1) is 0 Å². The first-order valence-corrected chi connectivity index (χ1v) is 7.71. The van der Waals surface area contributed by atoms with Crippen molar-refractivity contribution >= 4 is 11.8 Å². The number of likely N-dealkylation sites (tertiary alicyclic amines) is 1. The first kappa shape index (κ1) is 14.0. The first-order chi connectivity index (χ1) is 11.1. The van der Waals surface area contributed by atoms with Crippen molar-refractivity contribution < 1.29 is 14.1 Å². The summed E-state index contributed by atoms with van der Waals surface area (Å²) in [6, 6.07) is 9.57. The molecule has 23 heavy (non-hydrogen) atoms. The van der Waals surface area contributed by atoms with Crippen LogP contribution in [0.4, 0.5) is 0 Å². The van der Waals surface area contributed by atoms with E-state index in [0.29, 0.717) is 13.1 Å². The predicted molar refractivity (Wildman–Crippen MR) is 81.6 cm³/mol. The normalized spacial score (nSPS) is 25.1. The summed E-state index contributed by atoms with van der Waals surface area (Å²) in [7, 11) is 0. The fourth-order valence-corrected chi connectivity index (χ4v) is 3.85. The Bertz CT molecular complexity index is 756. The van der Waals surface area contributed by atoms with Crippen LogP contribution in [0, 0.1) is 5.92 Å². The third-order valence-corrected chi connectivity index (χ3v) is 4.92. The van der Waals surface area contributed by atoms with Gasteiger partial charge < -0.3 is 14.7 Å². The van der Waals surface area contributed by atoms with Crippen LogP contribution in [0.25, 0.3) is 0 Å². The summed E-state index contributed by atoms with van der Waals surface area (Å²) in [4.78, 5) is 25.9. The van der Waals surface area contributed by atoms with E-state index in [9.17, 15) is 9.59 Å². The van der Waals surface area contributed by atoms with Gasteiger partial charge in [0, 0.05) is 37.9 Å².